The van der Waals surface area contributed by atoms with Gasteiger partial charge in [0.15, 0.2) is 9.84 Å². The van der Waals surface area contributed by atoms with Crippen molar-refractivity contribution in [3.8, 4) is 0 Å². The third-order valence-electron chi connectivity index (χ3n) is 2.80. The van der Waals surface area contributed by atoms with Crippen molar-refractivity contribution in [2.45, 2.75) is 32.2 Å². The lowest BCUT2D eigenvalue weighted by Crippen LogP contribution is -2.33. The maximum Gasteiger partial charge on any atom is 0.151 e. The quantitative estimate of drug-likeness (QED) is 0.645. The molecule has 5 heteroatoms. The Labute approximate surface area is 99.3 Å². The lowest BCUT2D eigenvalue weighted by molar-refractivity contribution is 0.349. The van der Waals surface area contributed by atoms with Crippen LogP contribution in [-0.2, 0) is 9.84 Å². The van der Waals surface area contributed by atoms with E-state index in [1.807, 2.05) is 14.0 Å². The van der Waals surface area contributed by atoms with Crippen LogP contribution >= 0.6 is 0 Å². The second kappa shape index (κ2) is 6.57. The fourth-order valence-electron chi connectivity index (χ4n) is 1.57. The first-order valence-corrected chi connectivity index (χ1v) is 7.98. The van der Waals surface area contributed by atoms with Crippen LogP contribution in [0.4, 0.5) is 0 Å². The fourth-order valence-corrected chi connectivity index (χ4v) is 2.98. The van der Waals surface area contributed by atoms with Crippen LogP contribution in [0.15, 0.2) is 0 Å². The number of rotatable bonds is 9. The van der Waals surface area contributed by atoms with Gasteiger partial charge in [-0.25, -0.2) is 8.42 Å². The second-order valence-electron chi connectivity index (χ2n) is 4.68. The van der Waals surface area contributed by atoms with Gasteiger partial charge in [-0.1, -0.05) is 6.92 Å². The highest BCUT2D eigenvalue weighted by Gasteiger charge is 2.19. The second-order valence-corrected chi connectivity index (χ2v) is 6.99. The zero-order valence-corrected chi connectivity index (χ0v) is 11.2. The molecule has 0 bridgehead atoms. The number of nitrogens with one attached hydrogen (secondary N) is 1. The summed E-state index contributed by atoms with van der Waals surface area (Å²) in [6.07, 6.45) is 3.32. The molecule has 0 unspecified atom stereocenters. The molecule has 0 spiro atoms. The molecule has 1 rings (SSSR count). The Morgan fingerprint density at radius 2 is 1.94 bits per heavy atom. The summed E-state index contributed by atoms with van der Waals surface area (Å²) in [5, 5.41) is 3.42. The molecular formula is C11H24N2O2S. The van der Waals surface area contributed by atoms with Gasteiger partial charge in [-0.05, 0) is 26.3 Å². The Bertz CT molecular complexity index is 286. The van der Waals surface area contributed by atoms with Crippen molar-refractivity contribution in [1.82, 2.24) is 10.2 Å². The minimum absolute atomic E-state index is 0.292. The Hall–Kier alpha value is -0.130. The Morgan fingerprint density at radius 3 is 2.50 bits per heavy atom. The summed E-state index contributed by atoms with van der Waals surface area (Å²) in [7, 11) is -0.836. The van der Waals surface area contributed by atoms with E-state index in [-0.39, 0.29) is 0 Å². The van der Waals surface area contributed by atoms with Crippen molar-refractivity contribution < 1.29 is 8.42 Å². The largest absolute Gasteiger partial charge is 0.313 e. The summed E-state index contributed by atoms with van der Waals surface area (Å²) in [6, 6.07) is 0.734. The van der Waals surface area contributed by atoms with Crippen molar-refractivity contribution in [3.05, 3.63) is 0 Å². The number of likely N-dealkylation sites (N-methyl/N-ethyl adjacent to an activating group) is 1. The zero-order valence-electron chi connectivity index (χ0n) is 10.4. The standard InChI is InChI=1S/C11H24N2O2S/c1-3-9-16(14,15)10-8-13(2)7-6-12-11-4-5-11/h11-12H,3-10H2,1-2H3. The summed E-state index contributed by atoms with van der Waals surface area (Å²) >= 11 is 0. The summed E-state index contributed by atoms with van der Waals surface area (Å²) in [5.41, 5.74) is 0. The Morgan fingerprint density at radius 1 is 1.25 bits per heavy atom. The van der Waals surface area contributed by atoms with E-state index in [1.54, 1.807) is 0 Å². The minimum Gasteiger partial charge on any atom is -0.313 e. The summed E-state index contributed by atoms with van der Waals surface area (Å²) < 4.78 is 23.0. The topological polar surface area (TPSA) is 49.4 Å². The van der Waals surface area contributed by atoms with Crippen LogP contribution in [0.2, 0.25) is 0 Å². The van der Waals surface area contributed by atoms with Gasteiger partial charge in [0.2, 0.25) is 0 Å². The van der Waals surface area contributed by atoms with Crippen molar-refractivity contribution in [3.63, 3.8) is 0 Å². The van der Waals surface area contributed by atoms with Gasteiger partial charge in [-0.15, -0.1) is 0 Å². The van der Waals surface area contributed by atoms with Gasteiger partial charge in [0, 0.05) is 31.4 Å². The molecule has 0 heterocycles. The molecule has 0 radical (unpaired) electrons. The average Bonchev–Trinajstić information content (AvgIpc) is 2.99. The highest BCUT2D eigenvalue weighted by Crippen LogP contribution is 2.17. The van der Waals surface area contributed by atoms with Crippen LogP contribution < -0.4 is 5.32 Å². The van der Waals surface area contributed by atoms with Gasteiger partial charge < -0.3 is 10.2 Å². The summed E-state index contributed by atoms with van der Waals surface area (Å²) in [5.74, 6) is 0.613. The molecule has 0 aromatic heterocycles. The number of sulfone groups is 1. The van der Waals surface area contributed by atoms with Crippen LogP contribution in [0.5, 0.6) is 0 Å². The Kier molecular flexibility index (Phi) is 5.72. The SMILES string of the molecule is CCCS(=O)(=O)CCN(C)CCNC1CC1. The van der Waals surface area contributed by atoms with Crippen molar-refractivity contribution in [2.24, 2.45) is 0 Å². The van der Waals surface area contributed by atoms with Crippen LogP contribution in [0, 0.1) is 0 Å². The van der Waals surface area contributed by atoms with E-state index >= 15 is 0 Å². The van der Waals surface area contributed by atoms with Gasteiger partial charge in [-0.2, -0.15) is 0 Å². The molecule has 1 saturated carbocycles. The molecule has 0 amide bonds. The van der Waals surface area contributed by atoms with Crippen molar-refractivity contribution >= 4 is 9.84 Å². The van der Waals surface area contributed by atoms with Crippen LogP contribution in [-0.4, -0.2) is 57.5 Å². The predicted molar refractivity (Wildman–Crippen MR) is 67.5 cm³/mol. The van der Waals surface area contributed by atoms with Crippen LogP contribution in [0.1, 0.15) is 26.2 Å². The normalized spacial score (nSPS) is 16.9. The van der Waals surface area contributed by atoms with Crippen LogP contribution in [0.3, 0.4) is 0 Å². The van der Waals surface area contributed by atoms with Gasteiger partial charge in [0.05, 0.1) is 5.75 Å². The lowest BCUT2D eigenvalue weighted by Gasteiger charge is -2.16. The Balaban J connectivity index is 2.05. The first kappa shape index (κ1) is 13.9. The van der Waals surface area contributed by atoms with Gasteiger partial charge >= 0.3 is 0 Å². The molecule has 0 saturated heterocycles. The molecule has 4 nitrogen and oxygen atoms in total. The molecule has 1 N–H and O–H groups in total. The summed E-state index contributed by atoms with van der Waals surface area (Å²) in [6.45, 7) is 4.45. The lowest BCUT2D eigenvalue weighted by atomic mass is 10.5. The molecule has 0 aromatic rings. The first-order valence-electron chi connectivity index (χ1n) is 6.16. The van der Waals surface area contributed by atoms with E-state index in [2.05, 4.69) is 10.2 Å². The molecule has 0 aliphatic heterocycles. The van der Waals surface area contributed by atoms with Crippen molar-refractivity contribution in [1.29, 1.82) is 0 Å². The monoisotopic (exact) mass is 248 g/mol. The van der Waals surface area contributed by atoms with Crippen LogP contribution in [0.25, 0.3) is 0 Å². The van der Waals surface area contributed by atoms with Gasteiger partial charge in [0.1, 0.15) is 0 Å². The van der Waals surface area contributed by atoms with E-state index in [1.165, 1.54) is 12.8 Å². The number of nitrogens with zero attached hydrogens (tertiary/aromatic N) is 1. The molecule has 1 aliphatic rings. The van der Waals surface area contributed by atoms with E-state index < -0.39 is 9.84 Å². The molecule has 0 aromatic carbocycles. The minimum atomic E-state index is -2.82. The van der Waals surface area contributed by atoms with E-state index in [4.69, 9.17) is 0 Å². The zero-order chi connectivity index (χ0) is 12.0. The maximum absolute atomic E-state index is 11.5. The third-order valence-corrected chi connectivity index (χ3v) is 4.64. The molecule has 1 fully saturated rings. The number of hydrogen-bond donors (Lipinski definition) is 1. The number of hydrogen-bond acceptors (Lipinski definition) is 4. The first-order chi connectivity index (χ1) is 7.53. The molecule has 0 atom stereocenters. The average molecular weight is 248 g/mol. The predicted octanol–water partition coefficient (Wildman–Crippen LogP) is 0.495. The van der Waals surface area contributed by atoms with Crippen molar-refractivity contribution in [2.75, 3.05) is 38.2 Å². The highest BCUT2D eigenvalue weighted by molar-refractivity contribution is 7.91. The van der Waals surface area contributed by atoms with E-state index in [0.29, 0.717) is 18.1 Å². The smallest absolute Gasteiger partial charge is 0.151 e. The molecular weight excluding hydrogens is 224 g/mol. The van der Waals surface area contributed by atoms with E-state index in [9.17, 15) is 8.42 Å². The summed E-state index contributed by atoms with van der Waals surface area (Å²) in [4.78, 5) is 2.09. The van der Waals surface area contributed by atoms with Gasteiger partial charge in [0.25, 0.3) is 0 Å². The highest BCUT2D eigenvalue weighted by atomic mass is 32.2. The molecule has 1 aliphatic carbocycles. The van der Waals surface area contributed by atoms with Gasteiger partial charge in [-0.3, -0.25) is 0 Å². The fraction of sp³-hybridized carbons (Fsp3) is 1.00. The molecule has 96 valence electrons. The maximum atomic E-state index is 11.5. The van der Waals surface area contributed by atoms with E-state index in [0.717, 1.165) is 25.6 Å². The molecule has 16 heavy (non-hydrogen) atoms. The third kappa shape index (κ3) is 6.45.